The van der Waals surface area contributed by atoms with Gasteiger partial charge in [-0.15, -0.1) is 0 Å². The third-order valence-electron chi connectivity index (χ3n) is 10.1. The summed E-state index contributed by atoms with van der Waals surface area (Å²) in [6.07, 6.45) is 1.81. The van der Waals surface area contributed by atoms with Crippen LogP contribution in [0.5, 0.6) is 0 Å². The second-order valence-electron chi connectivity index (χ2n) is 12.9. The van der Waals surface area contributed by atoms with E-state index in [9.17, 15) is 0 Å². The summed E-state index contributed by atoms with van der Waals surface area (Å²) in [5.74, 6) is 0.601. The number of benzene rings is 7. The van der Waals surface area contributed by atoms with E-state index in [2.05, 4.69) is 161 Å². The molecular weight excluding hydrogens is 611 g/mol. The molecule has 11 aromatic rings. The van der Waals surface area contributed by atoms with E-state index in [1.54, 1.807) is 0 Å². The lowest BCUT2D eigenvalue weighted by Gasteiger charge is -2.12. The van der Waals surface area contributed by atoms with Gasteiger partial charge in [-0.1, -0.05) is 97.1 Å². The third-order valence-corrected chi connectivity index (χ3v) is 10.1. The van der Waals surface area contributed by atoms with Gasteiger partial charge in [0, 0.05) is 44.4 Å². The predicted molar refractivity (Wildman–Crippen MR) is 206 cm³/mol. The summed E-state index contributed by atoms with van der Waals surface area (Å²) in [5.41, 5.74) is 8.13. The zero-order valence-corrected chi connectivity index (χ0v) is 26.8. The van der Waals surface area contributed by atoms with Crippen molar-refractivity contribution in [1.82, 2.24) is 24.1 Å². The normalized spacial score (nSPS) is 12.0. The third kappa shape index (κ3) is 3.86. The van der Waals surface area contributed by atoms with Gasteiger partial charge in [0.05, 0.1) is 27.8 Å². The molecule has 0 aliphatic heterocycles. The van der Waals surface area contributed by atoms with Gasteiger partial charge in [0.25, 0.3) is 0 Å². The van der Waals surface area contributed by atoms with Crippen LogP contribution in [0.3, 0.4) is 0 Å². The van der Waals surface area contributed by atoms with Crippen LogP contribution in [0.4, 0.5) is 0 Å². The average Bonchev–Trinajstić information content (AvgIpc) is 3.69. The first-order valence-electron chi connectivity index (χ1n) is 16.9. The smallest absolute Gasteiger partial charge is 0.237 e. The summed E-state index contributed by atoms with van der Waals surface area (Å²) < 4.78 is 4.56. The number of fused-ring (bicyclic) bond motifs is 10. The Labute approximate surface area is 286 Å². The van der Waals surface area contributed by atoms with Crippen molar-refractivity contribution in [1.29, 1.82) is 0 Å². The predicted octanol–water partition coefficient (Wildman–Crippen LogP) is 11.2. The number of pyridine rings is 1. The molecule has 4 heterocycles. The number of hydrogen-bond donors (Lipinski definition) is 0. The monoisotopic (exact) mass is 637 g/mol. The number of para-hydroxylation sites is 2. The summed E-state index contributed by atoms with van der Waals surface area (Å²) in [4.78, 5) is 15.4. The van der Waals surface area contributed by atoms with Crippen molar-refractivity contribution in [3.8, 4) is 22.9 Å². The Kier molecular flexibility index (Phi) is 5.60. The van der Waals surface area contributed by atoms with E-state index in [0.717, 1.165) is 38.9 Å². The van der Waals surface area contributed by atoms with Gasteiger partial charge in [0.15, 0.2) is 5.65 Å². The van der Waals surface area contributed by atoms with Crippen LogP contribution < -0.4 is 0 Å². The Morgan fingerprint density at radius 2 is 1.10 bits per heavy atom. The van der Waals surface area contributed by atoms with Crippen LogP contribution >= 0.6 is 0 Å². The van der Waals surface area contributed by atoms with Crippen molar-refractivity contribution < 1.29 is 0 Å². The maximum absolute atomic E-state index is 5.43. The van der Waals surface area contributed by atoms with Crippen LogP contribution in [0, 0.1) is 0 Å². The van der Waals surface area contributed by atoms with Crippen molar-refractivity contribution in [2.24, 2.45) is 0 Å². The van der Waals surface area contributed by atoms with Crippen LogP contribution in [-0.2, 0) is 0 Å². The lowest BCUT2D eigenvalue weighted by atomic mass is 10.0. The Balaban J connectivity index is 1.22. The second kappa shape index (κ2) is 10.3. The average molecular weight is 638 g/mol. The summed E-state index contributed by atoms with van der Waals surface area (Å²) in [5, 5.41) is 10.5. The lowest BCUT2D eigenvalue weighted by molar-refractivity contribution is 1.01. The molecule has 0 radical (unpaired) electrons. The first-order chi connectivity index (χ1) is 24.8. The van der Waals surface area contributed by atoms with Crippen LogP contribution in [0.1, 0.15) is 0 Å². The molecule has 232 valence electrons. The molecule has 5 heteroatoms. The fourth-order valence-electron chi connectivity index (χ4n) is 7.93. The SMILES string of the molecule is c1ccc(-n2c3ccccc3c3cc(-c4nc(-n5c6cc7ccccc7cc6c6c7ccccc7ccc65)nc5ncccc45)ccc32)cc1. The quantitative estimate of drug-likeness (QED) is 0.194. The van der Waals surface area contributed by atoms with Gasteiger partial charge in [0.2, 0.25) is 5.95 Å². The first kappa shape index (κ1) is 27.1. The van der Waals surface area contributed by atoms with Crippen molar-refractivity contribution in [3.63, 3.8) is 0 Å². The van der Waals surface area contributed by atoms with Crippen molar-refractivity contribution in [2.45, 2.75) is 0 Å². The largest absolute Gasteiger partial charge is 0.309 e. The molecular formula is C45H27N5. The molecule has 0 aliphatic rings. The van der Waals surface area contributed by atoms with Crippen LogP contribution in [0.2, 0.25) is 0 Å². The molecule has 0 fully saturated rings. The molecule has 7 aromatic carbocycles. The van der Waals surface area contributed by atoms with Gasteiger partial charge >= 0.3 is 0 Å². The fourth-order valence-corrected chi connectivity index (χ4v) is 7.93. The van der Waals surface area contributed by atoms with Crippen molar-refractivity contribution in [2.75, 3.05) is 0 Å². The van der Waals surface area contributed by atoms with E-state index in [4.69, 9.17) is 15.0 Å². The lowest BCUT2D eigenvalue weighted by Crippen LogP contribution is -2.04. The summed E-state index contributed by atoms with van der Waals surface area (Å²) >= 11 is 0. The molecule has 5 nitrogen and oxygen atoms in total. The molecule has 0 saturated carbocycles. The number of hydrogen-bond acceptors (Lipinski definition) is 3. The second-order valence-corrected chi connectivity index (χ2v) is 12.9. The van der Waals surface area contributed by atoms with Gasteiger partial charge < -0.3 is 4.57 Å². The zero-order chi connectivity index (χ0) is 32.8. The van der Waals surface area contributed by atoms with Crippen LogP contribution in [0.15, 0.2) is 164 Å². The van der Waals surface area contributed by atoms with Crippen LogP contribution in [0.25, 0.3) is 99.1 Å². The van der Waals surface area contributed by atoms with E-state index in [1.165, 1.54) is 48.6 Å². The highest BCUT2D eigenvalue weighted by Gasteiger charge is 2.21. The van der Waals surface area contributed by atoms with Gasteiger partial charge in [-0.2, -0.15) is 4.98 Å². The highest BCUT2D eigenvalue weighted by atomic mass is 15.2. The van der Waals surface area contributed by atoms with Crippen molar-refractivity contribution >= 4 is 76.2 Å². The summed E-state index contributed by atoms with van der Waals surface area (Å²) in [6.45, 7) is 0. The molecule has 0 spiro atoms. The first-order valence-corrected chi connectivity index (χ1v) is 16.9. The minimum absolute atomic E-state index is 0.601. The molecule has 0 atom stereocenters. The molecule has 0 amide bonds. The Bertz CT molecular complexity index is 3150. The van der Waals surface area contributed by atoms with E-state index in [-0.39, 0.29) is 0 Å². The minimum Gasteiger partial charge on any atom is -0.309 e. The Morgan fingerprint density at radius 3 is 1.98 bits per heavy atom. The van der Waals surface area contributed by atoms with Gasteiger partial charge in [-0.3, -0.25) is 4.57 Å². The molecule has 4 aromatic heterocycles. The zero-order valence-electron chi connectivity index (χ0n) is 26.8. The molecule has 0 aliphatic carbocycles. The Morgan fingerprint density at radius 1 is 0.400 bits per heavy atom. The summed E-state index contributed by atoms with van der Waals surface area (Å²) in [7, 11) is 0. The highest BCUT2D eigenvalue weighted by Crippen LogP contribution is 2.40. The van der Waals surface area contributed by atoms with Crippen molar-refractivity contribution in [3.05, 3.63) is 164 Å². The van der Waals surface area contributed by atoms with E-state index in [1.807, 2.05) is 12.3 Å². The number of aromatic nitrogens is 5. The fraction of sp³-hybridized carbons (Fsp3) is 0. The highest BCUT2D eigenvalue weighted by molar-refractivity contribution is 6.23. The van der Waals surface area contributed by atoms with Gasteiger partial charge in [-0.05, 0) is 82.2 Å². The van der Waals surface area contributed by atoms with Gasteiger partial charge in [0.1, 0.15) is 0 Å². The molecule has 0 unspecified atom stereocenters. The molecule has 11 rings (SSSR count). The summed E-state index contributed by atoms with van der Waals surface area (Å²) in [6, 6.07) is 56.1. The van der Waals surface area contributed by atoms with Gasteiger partial charge in [-0.25, -0.2) is 9.97 Å². The van der Waals surface area contributed by atoms with E-state index in [0.29, 0.717) is 11.6 Å². The van der Waals surface area contributed by atoms with E-state index >= 15 is 0 Å². The molecule has 50 heavy (non-hydrogen) atoms. The maximum Gasteiger partial charge on any atom is 0.237 e. The molecule has 0 saturated heterocycles. The molecule has 0 N–H and O–H groups in total. The molecule has 0 bridgehead atoms. The van der Waals surface area contributed by atoms with E-state index < -0.39 is 0 Å². The maximum atomic E-state index is 5.43. The minimum atomic E-state index is 0.601. The number of nitrogens with zero attached hydrogens (tertiary/aromatic N) is 5. The number of rotatable bonds is 3. The standard InChI is InChI=1S/C45H27N5/c1-2-14-32(15-3-1)49-38-19-9-8-17-34(38)36-26-31(21-22-39(36)49)43-35-18-10-24-46-44(35)48-45(47-43)50-40-23-20-28-11-6-7-16-33(28)42(40)37-25-29-12-4-5-13-30(29)27-41(37)50/h1-27H. The topological polar surface area (TPSA) is 48.5 Å². The van der Waals surface area contributed by atoms with Crippen LogP contribution in [-0.4, -0.2) is 24.1 Å². The Hall–Kier alpha value is -6.85.